The van der Waals surface area contributed by atoms with Crippen LogP contribution in [0.2, 0.25) is 0 Å². The van der Waals surface area contributed by atoms with Crippen LogP contribution in [0.15, 0.2) is 18.2 Å². The Balaban J connectivity index is 0.00000312. The number of rotatable bonds is 6. The number of anilines is 1. The molecule has 0 radical (unpaired) electrons. The topological polar surface area (TPSA) is 34.2 Å². The van der Waals surface area contributed by atoms with Crippen LogP contribution in [0.3, 0.4) is 0 Å². The van der Waals surface area contributed by atoms with Gasteiger partial charge in [0, 0.05) is 23.0 Å². The van der Waals surface area contributed by atoms with Crippen molar-refractivity contribution in [3.63, 3.8) is 0 Å². The zero-order chi connectivity index (χ0) is 17.9. The predicted octanol–water partition coefficient (Wildman–Crippen LogP) is 3.13. The summed E-state index contributed by atoms with van der Waals surface area (Å²) in [5.41, 5.74) is 6.68. The number of ether oxygens (including phenoxy) is 1. The molecular weight excluding hydrogens is 332 g/mol. The van der Waals surface area contributed by atoms with Gasteiger partial charge in [0.25, 0.3) is 0 Å². The van der Waals surface area contributed by atoms with E-state index in [0.29, 0.717) is 11.9 Å². The van der Waals surface area contributed by atoms with E-state index in [9.17, 15) is 0 Å². The average Bonchev–Trinajstić information content (AvgIpc) is 2.52. The zero-order valence-corrected chi connectivity index (χ0v) is 17.2. The molecule has 0 aliphatic carbocycles. The van der Waals surface area contributed by atoms with Gasteiger partial charge < -0.3 is 22.5 Å². The Hall–Kier alpha value is -1.74. The van der Waals surface area contributed by atoms with Crippen molar-refractivity contribution in [2.24, 2.45) is 0 Å². The van der Waals surface area contributed by atoms with Crippen LogP contribution in [0, 0.1) is 34.6 Å². The number of hydrogen-bond acceptors (Lipinski definition) is 3. The molecule has 0 spiro atoms. The Bertz CT molecular complexity index is 707. The molecule has 4 heteroatoms. The Morgan fingerprint density at radius 2 is 1.56 bits per heavy atom. The van der Waals surface area contributed by atoms with Gasteiger partial charge in [0.15, 0.2) is 0 Å². The smallest absolute Gasteiger partial charge is 1.00 e. The Labute approximate surface area is 160 Å². The van der Waals surface area contributed by atoms with Gasteiger partial charge in [-0.25, -0.2) is 4.98 Å². The summed E-state index contributed by atoms with van der Waals surface area (Å²) < 4.78 is 6.24. The summed E-state index contributed by atoms with van der Waals surface area (Å²) in [6.45, 7) is 14.8. The molecule has 1 aromatic carbocycles. The van der Waals surface area contributed by atoms with Gasteiger partial charge in [0.2, 0.25) is 5.88 Å². The molecule has 0 bridgehead atoms. The lowest BCUT2D eigenvalue weighted by molar-refractivity contribution is -0.00000597. The standard InChI is InChI=1S/C21H30N2O.ClH/c1-8-18(9-2)23-19-12-16(6)22-21(17(19)7)24-20-14(4)10-13(3)11-15(20)5;/h10-12,18H,8-9H2,1-7H3,(H,22,23);1H. The number of aromatic nitrogens is 1. The molecule has 0 fully saturated rings. The van der Waals surface area contributed by atoms with Gasteiger partial charge in [-0.2, -0.15) is 0 Å². The van der Waals surface area contributed by atoms with Crippen molar-refractivity contribution in [1.82, 2.24) is 4.98 Å². The van der Waals surface area contributed by atoms with E-state index in [4.69, 9.17) is 4.74 Å². The first-order chi connectivity index (χ1) is 11.3. The third-order valence-electron chi connectivity index (χ3n) is 4.50. The first-order valence-electron chi connectivity index (χ1n) is 8.86. The van der Waals surface area contributed by atoms with Crippen molar-refractivity contribution >= 4 is 5.69 Å². The summed E-state index contributed by atoms with van der Waals surface area (Å²) in [6, 6.07) is 6.88. The Morgan fingerprint density at radius 1 is 1.00 bits per heavy atom. The lowest BCUT2D eigenvalue weighted by Crippen LogP contribution is -3.00. The highest BCUT2D eigenvalue weighted by Gasteiger charge is 2.14. The maximum absolute atomic E-state index is 6.24. The van der Waals surface area contributed by atoms with Crippen LogP contribution < -0.4 is 22.5 Å². The first kappa shape index (κ1) is 21.3. The number of aryl methyl sites for hydroxylation is 4. The number of benzene rings is 1. The largest absolute Gasteiger partial charge is 1.00 e. The van der Waals surface area contributed by atoms with Crippen LogP contribution in [-0.2, 0) is 0 Å². The van der Waals surface area contributed by atoms with E-state index in [1.54, 1.807) is 0 Å². The molecule has 0 saturated heterocycles. The summed E-state index contributed by atoms with van der Waals surface area (Å²) in [7, 11) is 0. The molecule has 2 rings (SSSR count). The second kappa shape index (κ2) is 9.10. The third kappa shape index (κ3) is 5.12. The summed E-state index contributed by atoms with van der Waals surface area (Å²) in [5, 5.41) is 3.63. The monoisotopic (exact) mass is 362 g/mol. The molecule has 138 valence electrons. The number of pyridine rings is 1. The van der Waals surface area contributed by atoms with E-state index >= 15 is 0 Å². The minimum absolute atomic E-state index is 0. The number of hydrogen-bond donors (Lipinski definition) is 1. The molecule has 1 N–H and O–H groups in total. The van der Waals surface area contributed by atoms with E-state index in [-0.39, 0.29) is 13.8 Å². The first-order valence-corrected chi connectivity index (χ1v) is 8.86. The van der Waals surface area contributed by atoms with Gasteiger partial charge in [0.05, 0.1) is 0 Å². The average molecular weight is 363 g/mol. The highest BCUT2D eigenvalue weighted by Crippen LogP contribution is 2.33. The Kier molecular flexibility index (Phi) is 7.75. The van der Waals surface area contributed by atoms with Crippen LogP contribution >= 0.6 is 0 Å². The SMILES string of the molecule is CCC(CC)Nc1cc(C)nc(Oc2c(C)cc(C)cc2C)c1C.[Cl-].[H+]. The zero-order valence-electron chi connectivity index (χ0n) is 17.5. The second-order valence-corrected chi connectivity index (χ2v) is 6.73. The molecule has 1 heterocycles. The van der Waals surface area contributed by atoms with Gasteiger partial charge in [-0.1, -0.05) is 31.5 Å². The molecule has 1 aromatic heterocycles. The molecule has 0 amide bonds. The van der Waals surface area contributed by atoms with Crippen LogP contribution in [0.25, 0.3) is 0 Å². The Morgan fingerprint density at radius 3 is 2.08 bits per heavy atom. The summed E-state index contributed by atoms with van der Waals surface area (Å²) >= 11 is 0. The normalized spacial score (nSPS) is 10.6. The molecule has 0 aliphatic heterocycles. The molecule has 25 heavy (non-hydrogen) atoms. The van der Waals surface area contributed by atoms with Crippen molar-refractivity contribution in [2.45, 2.75) is 67.3 Å². The fraction of sp³-hybridized carbons (Fsp3) is 0.476. The highest BCUT2D eigenvalue weighted by atomic mass is 35.5. The molecule has 2 aromatic rings. The van der Waals surface area contributed by atoms with Gasteiger partial charge in [-0.3, -0.25) is 0 Å². The van der Waals surface area contributed by atoms with E-state index in [0.717, 1.165) is 46.7 Å². The maximum Gasteiger partial charge on any atom is 1.00 e. The van der Waals surface area contributed by atoms with Crippen molar-refractivity contribution < 1.29 is 18.6 Å². The lowest BCUT2D eigenvalue weighted by atomic mass is 10.1. The van der Waals surface area contributed by atoms with Gasteiger partial charge >= 0.3 is 1.43 Å². The highest BCUT2D eigenvalue weighted by molar-refractivity contribution is 5.57. The fourth-order valence-corrected chi connectivity index (χ4v) is 3.10. The van der Waals surface area contributed by atoms with Crippen LogP contribution in [0.1, 0.15) is 56.1 Å². The summed E-state index contributed by atoms with van der Waals surface area (Å²) in [4.78, 5) is 4.63. The van der Waals surface area contributed by atoms with Crippen molar-refractivity contribution in [3.05, 3.63) is 46.1 Å². The lowest BCUT2D eigenvalue weighted by Gasteiger charge is -2.20. The number of nitrogens with one attached hydrogen (secondary N) is 1. The van der Waals surface area contributed by atoms with Crippen molar-refractivity contribution in [3.8, 4) is 11.6 Å². The molecular formula is C21H31ClN2O. The van der Waals surface area contributed by atoms with Crippen molar-refractivity contribution in [1.29, 1.82) is 0 Å². The number of nitrogens with zero attached hydrogens (tertiary/aromatic N) is 1. The van der Waals surface area contributed by atoms with Gasteiger partial charge in [-0.15, -0.1) is 0 Å². The molecule has 3 nitrogen and oxygen atoms in total. The van der Waals surface area contributed by atoms with E-state index in [1.807, 2.05) is 6.92 Å². The van der Waals surface area contributed by atoms with Gasteiger partial charge in [-0.05, 0) is 64.7 Å². The second-order valence-electron chi connectivity index (χ2n) is 6.73. The summed E-state index contributed by atoms with van der Waals surface area (Å²) in [5.74, 6) is 1.61. The van der Waals surface area contributed by atoms with Gasteiger partial charge in [0.1, 0.15) is 5.75 Å². The van der Waals surface area contributed by atoms with E-state index in [2.05, 4.69) is 70.0 Å². The molecule has 0 saturated carbocycles. The molecule has 0 unspecified atom stereocenters. The fourth-order valence-electron chi connectivity index (χ4n) is 3.10. The van der Waals surface area contributed by atoms with Crippen molar-refractivity contribution in [2.75, 3.05) is 5.32 Å². The minimum Gasteiger partial charge on any atom is -1.00 e. The van der Waals surface area contributed by atoms with Crippen LogP contribution in [-0.4, -0.2) is 11.0 Å². The summed E-state index contributed by atoms with van der Waals surface area (Å²) in [6.07, 6.45) is 2.20. The molecule has 0 atom stereocenters. The quantitative estimate of drug-likeness (QED) is 0.857. The minimum atomic E-state index is 0. The van der Waals surface area contributed by atoms with E-state index in [1.165, 1.54) is 5.56 Å². The number of halogens is 1. The molecule has 0 aliphatic rings. The van der Waals surface area contributed by atoms with E-state index < -0.39 is 0 Å². The third-order valence-corrected chi connectivity index (χ3v) is 4.50. The van der Waals surface area contributed by atoms with Crippen LogP contribution in [0.4, 0.5) is 5.69 Å². The maximum atomic E-state index is 6.24. The predicted molar refractivity (Wildman–Crippen MR) is 104 cm³/mol. The van der Waals surface area contributed by atoms with Crippen LogP contribution in [0.5, 0.6) is 11.6 Å².